The number of benzene rings is 2. The first-order valence-corrected chi connectivity index (χ1v) is 10.2. The van der Waals surface area contributed by atoms with Crippen LogP contribution in [0.1, 0.15) is 30.9 Å². The zero-order chi connectivity index (χ0) is 23.3. The van der Waals surface area contributed by atoms with Crippen LogP contribution < -0.4 is 16.0 Å². The first-order valence-electron chi connectivity index (χ1n) is 10.2. The maximum absolute atomic E-state index is 12.3. The first kappa shape index (κ1) is 22.8. The quantitative estimate of drug-likeness (QED) is 0.494. The number of aliphatic carboxylic acids is 1. The van der Waals surface area contributed by atoms with Gasteiger partial charge in [0, 0.05) is 5.92 Å². The van der Waals surface area contributed by atoms with Gasteiger partial charge in [-0.2, -0.15) is 0 Å². The standard InChI is InChI=1S/C23H25N3O6/c1-13(21(29)24-11-20(27)28)25-22(30)14(2)26-23(31)32-12-19-17-9-5-3-7-15(17)16-8-4-6-10-18(16)19/h3-10,13-14,19H,11-12H2,1-2H3,(H,24,29)(H,25,30)(H,26,31)(H,27,28). The first-order chi connectivity index (χ1) is 15.3. The molecule has 2 aromatic carbocycles. The average Bonchev–Trinajstić information content (AvgIpc) is 3.09. The summed E-state index contributed by atoms with van der Waals surface area (Å²) in [4.78, 5) is 46.8. The highest BCUT2D eigenvalue weighted by atomic mass is 16.5. The van der Waals surface area contributed by atoms with Crippen molar-refractivity contribution in [1.82, 2.24) is 16.0 Å². The topological polar surface area (TPSA) is 134 Å². The van der Waals surface area contributed by atoms with Gasteiger partial charge in [-0.1, -0.05) is 48.5 Å². The molecule has 0 saturated carbocycles. The maximum Gasteiger partial charge on any atom is 0.407 e. The van der Waals surface area contributed by atoms with Gasteiger partial charge in [-0.25, -0.2) is 4.79 Å². The van der Waals surface area contributed by atoms with Gasteiger partial charge < -0.3 is 25.8 Å². The number of carbonyl (C=O) groups is 4. The summed E-state index contributed by atoms with van der Waals surface area (Å²) >= 11 is 0. The second kappa shape index (κ2) is 9.95. The van der Waals surface area contributed by atoms with Gasteiger partial charge in [0.1, 0.15) is 25.2 Å². The van der Waals surface area contributed by atoms with Crippen molar-refractivity contribution in [2.24, 2.45) is 0 Å². The molecule has 0 fully saturated rings. The predicted molar refractivity (Wildman–Crippen MR) is 116 cm³/mol. The number of carbonyl (C=O) groups excluding carboxylic acids is 3. The van der Waals surface area contributed by atoms with E-state index in [0.29, 0.717) is 0 Å². The van der Waals surface area contributed by atoms with Crippen molar-refractivity contribution < 1.29 is 29.0 Å². The molecule has 9 heteroatoms. The summed E-state index contributed by atoms with van der Waals surface area (Å²) in [5.74, 6) is -2.54. The molecule has 9 nitrogen and oxygen atoms in total. The van der Waals surface area contributed by atoms with E-state index < -0.39 is 42.5 Å². The van der Waals surface area contributed by atoms with E-state index in [2.05, 4.69) is 16.0 Å². The van der Waals surface area contributed by atoms with E-state index in [1.54, 1.807) is 0 Å². The van der Waals surface area contributed by atoms with Crippen LogP contribution in [0.3, 0.4) is 0 Å². The molecule has 2 atom stereocenters. The number of fused-ring (bicyclic) bond motifs is 3. The Morgan fingerprint density at radius 3 is 1.97 bits per heavy atom. The number of amides is 3. The summed E-state index contributed by atoms with van der Waals surface area (Å²) < 4.78 is 5.40. The minimum Gasteiger partial charge on any atom is -0.480 e. The number of hydrogen-bond donors (Lipinski definition) is 4. The Balaban J connectivity index is 1.52. The number of ether oxygens (including phenoxy) is 1. The molecule has 4 N–H and O–H groups in total. The largest absolute Gasteiger partial charge is 0.480 e. The van der Waals surface area contributed by atoms with Crippen molar-refractivity contribution in [1.29, 1.82) is 0 Å². The fraction of sp³-hybridized carbons (Fsp3) is 0.304. The van der Waals surface area contributed by atoms with Crippen LogP contribution in [0.5, 0.6) is 0 Å². The molecule has 0 aromatic heterocycles. The van der Waals surface area contributed by atoms with Crippen LogP contribution in [0.15, 0.2) is 48.5 Å². The summed E-state index contributed by atoms with van der Waals surface area (Å²) in [6, 6.07) is 14.0. The Morgan fingerprint density at radius 2 is 1.41 bits per heavy atom. The van der Waals surface area contributed by atoms with Crippen LogP contribution in [-0.2, 0) is 19.1 Å². The predicted octanol–water partition coefficient (Wildman–Crippen LogP) is 1.62. The van der Waals surface area contributed by atoms with Crippen molar-refractivity contribution in [3.8, 4) is 11.1 Å². The highest BCUT2D eigenvalue weighted by molar-refractivity contribution is 5.91. The van der Waals surface area contributed by atoms with E-state index in [1.165, 1.54) is 13.8 Å². The molecule has 0 heterocycles. The summed E-state index contributed by atoms with van der Waals surface area (Å²) in [6.45, 7) is 2.43. The van der Waals surface area contributed by atoms with Crippen LogP contribution >= 0.6 is 0 Å². The summed E-state index contributed by atoms with van der Waals surface area (Å²) in [6.07, 6.45) is -0.752. The molecule has 0 saturated heterocycles. The van der Waals surface area contributed by atoms with Gasteiger partial charge in [0.25, 0.3) is 0 Å². The van der Waals surface area contributed by atoms with Gasteiger partial charge in [-0.15, -0.1) is 0 Å². The van der Waals surface area contributed by atoms with Crippen LogP contribution in [0.2, 0.25) is 0 Å². The number of rotatable bonds is 8. The van der Waals surface area contributed by atoms with Crippen LogP contribution in [0.4, 0.5) is 4.79 Å². The molecule has 0 bridgehead atoms. The normalized spacial score (nSPS) is 13.8. The Bertz CT molecular complexity index is 992. The minimum atomic E-state index is -1.19. The molecule has 32 heavy (non-hydrogen) atoms. The zero-order valence-corrected chi connectivity index (χ0v) is 17.8. The van der Waals surface area contributed by atoms with Crippen molar-refractivity contribution in [2.75, 3.05) is 13.2 Å². The number of carboxylic acids is 1. The van der Waals surface area contributed by atoms with E-state index in [9.17, 15) is 19.2 Å². The highest BCUT2D eigenvalue weighted by Crippen LogP contribution is 2.44. The lowest BCUT2D eigenvalue weighted by Gasteiger charge is -2.19. The number of carboxylic acid groups (broad SMARTS) is 1. The monoisotopic (exact) mass is 439 g/mol. The van der Waals surface area contributed by atoms with Crippen molar-refractivity contribution >= 4 is 23.9 Å². The molecule has 0 spiro atoms. The van der Waals surface area contributed by atoms with E-state index >= 15 is 0 Å². The lowest BCUT2D eigenvalue weighted by Crippen LogP contribution is -2.52. The molecule has 1 aliphatic rings. The number of nitrogens with one attached hydrogen (secondary N) is 3. The van der Waals surface area contributed by atoms with E-state index in [1.807, 2.05) is 48.5 Å². The van der Waals surface area contributed by atoms with Crippen molar-refractivity contribution in [3.05, 3.63) is 59.7 Å². The maximum atomic E-state index is 12.3. The van der Waals surface area contributed by atoms with Gasteiger partial charge in [-0.05, 0) is 36.1 Å². The molecular formula is C23H25N3O6. The van der Waals surface area contributed by atoms with Gasteiger partial charge in [0.05, 0.1) is 0 Å². The fourth-order valence-electron chi connectivity index (χ4n) is 3.60. The third kappa shape index (κ3) is 5.23. The molecular weight excluding hydrogens is 414 g/mol. The fourth-order valence-corrected chi connectivity index (χ4v) is 3.60. The molecule has 0 radical (unpaired) electrons. The summed E-state index contributed by atoms with van der Waals surface area (Å²) in [7, 11) is 0. The van der Waals surface area contributed by atoms with Gasteiger partial charge >= 0.3 is 12.1 Å². The zero-order valence-electron chi connectivity index (χ0n) is 17.8. The highest BCUT2D eigenvalue weighted by Gasteiger charge is 2.29. The molecule has 2 aromatic rings. The molecule has 1 aliphatic carbocycles. The van der Waals surface area contributed by atoms with Crippen molar-refractivity contribution in [3.63, 3.8) is 0 Å². The van der Waals surface area contributed by atoms with Gasteiger partial charge in [0.2, 0.25) is 11.8 Å². The van der Waals surface area contributed by atoms with Crippen LogP contribution in [0, 0.1) is 0 Å². The van der Waals surface area contributed by atoms with Gasteiger partial charge in [0.15, 0.2) is 0 Å². The second-order valence-corrected chi connectivity index (χ2v) is 7.53. The SMILES string of the molecule is CC(NC(=O)OCC1c2ccccc2-c2ccccc21)C(=O)NC(C)C(=O)NCC(=O)O. The molecule has 168 valence electrons. The minimum absolute atomic E-state index is 0.102. The second-order valence-electron chi connectivity index (χ2n) is 7.53. The number of alkyl carbamates (subject to hydrolysis) is 1. The lowest BCUT2D eigenvalue weighted by molar-refractivity contribution is -0.138. The smallest absolute Gasteiger partial charge is 0.407 e. The van der Waals surface area contributed by atoms with Crippen LogP contribution in [0.25, 0.3) is 11.1 Å². The average molecular weight is 439 g/mol. The van der Waals surface area contributed by atoms with Crippen LogP contribution in [-0.4, -0.2) is 54.2 Å². The number of hydrogen-bond acceptors (Lipinski definition) is 5. The Morgan fingerprint density at radius 1 is 0.875 bits per heavy atom. The third-order valence-electron chi connectivity index (χ3n) is 5.24. The molecule has 3 amide bonds. The Labute approximate surface area is 185 Å². The lowest BCUT2D eigenvalue weighted by atomic mass is 9.98. The van der Waals surface area contributed by atoms with E-state index in [0.717, 1.165) is 22.3 Å². The molecule has 2 unspecified atom stereocenters. The summed E-state index contributed by atoms with van der Waals surface area (Å²) in [5, 5.41) is 15.6. The Hall–Kier alpha value is -3.88. The summed E-state index contributed by atoms with van der Waals surface area (Å²) in [5.41, 5.74) is 4.38. The molecule has 0 aliphatic heterocycles. The van der Waals surface area contributed by atoms with Gasteiger partial charge in [-0.3, -0.25) is 14.4 Å². The Kier molecular flexibility index (Phi) is 7.09. The molecule has 3 rings (SSSR count). The van der Waals surface area contributed by atoms with Crippen molar-refractivity contribution in [2.45, 2.75) is 31.8 Å². The van der Waals surface area contributed by atoms with E-state index in [4.69, 9.17) is 9.84 Å². The third-order valence-corrected chi connectivity index (χ3v) is 5.24. The van der Waals surface area contributed by atoms with E-state index in [-0.39, 0.29) is 12.5 Å².